The van der Waals surface area contributed by atoms with Gasteiger partial charge in [-0.05, 0) is 49.4 Å². The molecular weight excluding hydrogens is 336 g/mol. The van der Waals surface area contributed by atoms with E-state index in [0.29, 0.717) is 0 Å². The van der Waals surface area contributed by atoms with Crippen molar-refractivity contribution >= 4 is 11.9 Å². The van der Waals surface area contributed by atoms with Gasteiger partial charge in [0.15, 0.2) is 0 Å². The Labute approximate surface area is 158 Å². The Bertz CT molecular complexity index is 365. The largest absolute Gasteiger partial charge is 0.342 e. The summed E-state index contributed by atoms with van der Waals surface area (Å²) >= 11 is 0. The molecule has 0 aliphatic carbocycles. The Morgan fingerprint density at radius 1 is 0.615 bits per heavy atom. The Hall–Kier alpha value is -1.14. The molecule has 0 aromatic heterocycles. The minimum absolute atomic E-state index is 0.262. The molecule has 6 heteroatoms. The molecule has 6 nitrogen and oxygen atoms in total. The molecule has 2 N–H and O–H groups in total. The topological polar surface area (TPSA) is 93.1 Å². The van der Waals surface area contributed by atoms with E-state index in [9.17, 15) is 9.59 Å². The highest BCUT2D eigenvalue weighted by molar-refractivity contribution is 5.68. The van der Waals surface area contributed by atoms with Gasteiger partial charge < -0.3 is 9.78 Å². The standard InChI is InChI=1S/C20H38O6/c1-19(2,13-7-5-11-17(21)25-23)15-9-10-16-20(3,4)14-8-6-12-18(22)26-24/h23-24H,5-16H2,1-4H3. The van der Waals surface area contributed by atoms with Crippen LogP contribution >= 0.6 is 0 Å². The lowest BCUT2D eigenvalue weighted by molar-refractivity contribution is -0.234. The van der Waals surface area contributed by atoms with Crippen LogP contribution in [0.4, 0.5) is 0 Å². The molecule has 0 unspecified atom stereocenters. The molecule has 0 saturated carbocycles. The summed E-state index contributed by atoms with van der Waals surface area (Å²) in [5, 5.41) is 16.5. The van der Waals surface area contributed by atoms with E-state index in [4.69, 9.17) is 10.5 Å². The average molecular weight is 375 g/mol. The van der Waals surface area contributed by atoms with Crippen molar-refractivity contribution in [2.75, 3.05) is 0 Å². The minimum atomic E-state index is -0.557. The number of rotatable bonds is 15. The van der Waals surface area contributed by atoms with Crippen molar-refractivity contribution in [2.24, 2.45) is 10.8 Å². The highest BCUT2D eigenvalue weighted by Crippen LogP contribution is 2.34. The molecule has 0 aliphatic heterocycles. The van der Waals surface area contributed by atoms with Gasteiger partial charge >= 0.3 is 11.9 Å². The third kappa shape index (κ3) is 14.1. The van der Waals surface area contributed by atoms with Crippen LogP contribution < -0.4 is 0 Å². The summed E-state index contributed by atoms with van der Waals surface area (Å²) in [5.74, 6) is -1.11. The summed E-state index contributed by atoms with van der Waals surface area (Å²) in [4.78, 5) is 29.1. The van der Waals surface area contributed by atoms with Crippen LogP contribution in [-0.4, -0.2) is 22.5 Å². The predicted octanol–water partition coefficient (Wildman–Crippen LogP) is 5.75. The van der Waals surface area contributed by atoms with Crippen LogP contribution in [0.25, 0.3) is 0 Å². The van der Waals surface area contributed by atoms with Gasteiger partial charge in [0, 0.05) is 12.8 Å². The molecule has 0 heterocycles. The van der Waals surface area contributed by atoms with E-state index in [1.807, 2.05) is 0 Å². The number of carbonyl (C=O) groups is 2. The summed E-state index contributed by atoms with van der Waals surface area (Å²) < 4.78 is 0. The summed E-state index contributed by atoms with van der Waals surface area (Å²) in [6.07, 6.45) is 10.8. The minimum Gasteiger partial charge on any atom is -0.301 e. The summed E-state index contributed by atoms with van der Waals surface area (Å²) in [6.45, 7) is 9.07. The molecule has 0 fully saturated rings. The average Bonchev–Trinajstić information content (AvgIpc) is 2.59. The molecule has 0 rings (SSSR count). The molecule has 0 atom stereocenters. The molecule has 26 heavy (non-hydrogen) atoms. The smallest absolute Gasteiger partial charge is 0.301 e. The molecule has 0 aromatic rings. The van der Waals surface area contributed by atoms with Crippen LogP contribution in [0, 0.1) is 10.8 Å². The van der Waals surface area contributed by atoms with E-state index < -0.39 is 11.9 Å². The maximum Gasteiger partial charge on any atom is 0.342 e. The van der Waals surface area contributed by atoms with Crippen molar-refractivity contribution in [3.8, 4) is 0 Å². The highest BCUT2D eigenvalue weighted by Gasteiger charge is 2.20. The fourth-order valence-corrected chi connectivity index (χ4v) is 3.29. The van der Waals surface area contributed by atoms with E-state index >= 15 is 0 Å². The molecule has 0 spiro atoms. The van der Waals surface area contributed by atoms with Crippen LogP contribution in [0.2, 0.25) is 0 Å². The second-order valence-corrected chi connectivity index (χ2v) is 8.88. The van der Waals surface area contributed by atoms with Crippen LogP contribution in [0.15, 0.2) is 0 Å². The van der Waals surface area contributed by atoms with Crippen LogP contribution in [-0.2, 0) is 19.4 Å². The molecule has 0 saturated heterocycles. The highest BCUT2D eigenvalue weighted by atomic mass is 17.1. The van der Waals surface area contributed by atoms with Gasteiger partial charge in [-0.15, -0.1) is 0 Å². The van der Waals surface area contributed by atoms with Crippen LogP contribution in [0.5, 0.6) is 0 Å². The van der Waals surface area contributed by atoms with Crippen LogP contribution in [0.1, 0.15) is 105 Å². The third-order valence-corrected chi connectivity index (χ3v) is 5.13. The SMILES string of the molecule is CC(C)(CCCCC(=O)OO)CCCCC(C)(C)CCCCC(=O)OO. The van der Waals surface area contributed by atoms with Crippen molar-refractivity contribution in [1.29, 1.82) is 0 Å². The van der Waals surface area contributed by atoms with E-state index in [2.05, 4.69) is 37.5 Å². The lowest BCUT2D eigenvalue weighted by atomic mass is 9.79. The lowest BCUT2D eigenvalue weighted by Gasteiger charge is -2.27. The van der Waals surface area contributed by atoms with E-state index in [1.54, 1.807) is 0 Å². The first-order valence-corrected chi connectivity index (χ1v) is 9.80. The van der Waals surface area contributed by atoms with Gasteiger partial charge in [-0.2, -0.15) is 10.5 Å². The first-order chi connectivity index (χ1) is 12.1. The van der Waals surface area contributed by atoms with Gasteiger partial charge in [0.1, 0.15) is 0 Å². The Morgan fingerprint density at radius 3 is 1.15 bits per heavy atom. The fourth-order valence-electron chi connectivity index (χ4n) is 3.29. The Kier molecular flexibility index (Phi) is 12.5. The monoisotopic (exact) mass is 374 g/mol. The zero-order valence-electron chi connectivity index (χ0n) is 17.0. The quantitative estimate of drug-likeness (QED) is 0.215. The first-order valence-electron chi connectivity index (χ1n) is 9.80. The molecule has 0 amide bonds. The molecule has 154 valence electrons. The lowest BCUT2D eigenvalue weighted by Crippen LogP contribution is -2.14. The molecule has 0 bridgehead atoms. The molecule has 0 radical (unpaired) electrons. The molecule has 0 aliphatic rings. The van der Waals surface area contributed by atoms with Crippen LogP contribution in [0.3, 0.4) is 0 Å². The van der Waals surface area contributed by atoms with E-state index in [0.717, 1.165) is 51.4 Å². The van der Waals surface area contributed by atoms with Crippen molar-refractivity contribution in [1.82, 2.24) is 0 Å². The fraction of sp³-hybridized carbons (Fsp3) is 0.900. The normalized spacial score (nSPS) is 12.1. The summed E-state index contributed by atoms with van der Waals surface area (Å²) in [7, 11) is 0. The van der Waals surface area contributed by atoms with Crippen molar-refractivity contribution in [3.63, 3.8) is 0 Å². The van der Waals surface area contributed by atoms with E-state index in [-0.39, 0.29) is 23.7 Å². The zero-order chi connectivity index (χ0) is 20.1. The molecular formula is C20H38O6. The van der Waals surface area contributed by atoms with E-state index in [1.165, 1.54) is 12.8 Å². The number of hydrogen-bond donors (Lipinski definition) is 2. The van der Waals surface area contributed by atoms with Gasteiger partial charge in [-0.1, -0.05) is 53.4 Å². The zero-order valence-corrected chi connectivity index (χ0v) is 17.0. The Morgan fingerprint density at radius 2 is 0.885 bits per heavy atom. The van der Waals surface area contributed by atoms with Crippen molar-refractivity contribution in [3.05, 3.63) is 0 Å². The molecule has 0 aromatic carbocycles. The van der Waals surface area contributed by atoms with Gasteiger partial charge in [0.25, 0.3) is 0 Å². The maximum absolute atomic E-state index is 10.9. The second kappa shape index (κ2) is 13.1. The number of unbranched alkanes of at least 4 members (excludes halogenated alkanes) is 3. The van der Waals surface area contributed by atoms with Gasteiger partial charge in [-0.3, -0.25) is 0 Å². The Balaban J connectivity index is 3.82. The first kappa shape index (κ1) is 24.9. The summed E-state index contributed by atoms with van der Waals surface area (Å²) in [6, 6.07) is 0. The predicted molar refractivity (Wildman–Crippen MR) is 100 cm³/mol. The summed E-state index contributed by atoms with van der Waals surface area (Å²) in [5.41, 5.74) is 0.524. The maximum atomic E-state index is 10.9. The van der Waals surface area contributed by atoms with Gasteiger partial charge in [-0.25, -0.2) is 9.59 Å². The van der Waals surface area contributed by atoms with Crippen molar-refractivity contribution in [2.45, 2.75) is 105 Å². The van der Waals surface area contributed by atoms with Gasteiger partial charge in [0.2, 0.25) is 0 Å². The van der Waals surface area contributed by atoms with Gasteiger partial charge in [0.05, 0.1) is 0 Å². The third-order valence-electron chi connectivity index (χ3n) is 5.13. The number of hydrogen-bond acceptors (Lipinski definition) is 6. The van der Waals surface area contributed by atoms with Crippen molar-refractivity contribution < 1.29 is 29.9 Å². The second-order valence-electron chi connectivity index (χ2n) is 8.88. The number of carbonyl (C=O) groups excluding carboxylic acids is 2.